The summed E-state index contributed by atoms with van der Waals surface area (Å²) in [5.41, 5.74) is 6.22. The van der Waals surface area contributed by atoms with E-state index < -0.39 is 0 Å². The minimum atomic E-state index is -0.347. The van der Waals surface area contributed by atoms with E-state index in [0.717, 1.165) is 33.3 Å². The molecule has 1 aliphatic heterocycles. The van der Waals surface area contributed by atoms with Crippen molar-refractivity contribution in [2.24, 2.45) is 0 Å². The lowest BCUT2D eigenvalue weighted by Crippen LogP contribution is -2.11. The first-order chi connectivity index (χ1) is 13.6. The van der Waals surface area contributed by atoms with E-state index in [9.17, 15) is 4.39 Å². The van der Waals surface area contributed by atoms with Crippen LogP contribution >= 0.6 is 12.6 Å². The zero-order chi connectivity index (χ0) is 19.3. The maximum atomic E-state index is 14.6. The summed E-state index contributed by atoms with van der Waals surface area (Å²) in [7, 11) is 0. The molecule has 2 aliphatic rings. The highest BCUT2D eigenvalue weighted by Crippen LogP contribution is 2.42. The fourth-order valence-corrected chi connectivity index (χ4v) is 4.74. The highest BCUT2D eigenvalue weighted by molar-refractivity contribution is 7.80. The third-order valence-electron chi connectivity index (χ3n) is 5.94. The Hall–Kier alpha value is -2.53. The number of imidazole rings is 1. The van der Waals surface area contributed by atoms with Crippen molar-refractivity contribution in [2.45, 2.75) is 43.0 Å². The highest BCUT2D eigenvalue weighted by atomic mass is 32.1. The molecule has 0 radical (unpaired) electrons. The molecule has 2 heterocycles. The SMILES string of the molecule is C=C1C=CNc2c(S)c(F)cc(-c3ccc4c(c3)ncn4C3CCCCC3)c21. The number of hydrogen-bond acceptors (Lipinski definition) is 3. The maximum absolute atomic E-state index is 14.6. The number of nitrogens with zero attached hydrogens (tertiary/aromatic N) is 2. The van der Waals surface area contributed by atoms with Gasteiger partial charge in [0, 0.05) is 17.8 Å². The topological polar surface area (TPSA) is 29.9 Å². The van der Waals surface area contributed by atoms with E-state index in [2.05, 4.69) is 46.2 Å². The van der Waals surface area contributed by atoms with Gasteiger partial charge in [0.2, 0.25) is 0 Å². The normalized spacial score (nSPS) is 17.0. The van der Waals surface area contributed by atoms with Crippen LogP contribution in [0.3, 0.4) is 0 Å². The Bertz CT molecular complexity index is 1120. The quantitative estimate of drug-likeness (QED) is 0.483. The van der Waals surface area contributed by atoms with Crippen LogP contribution in [-0.4, -0.2) is 9.55 Å². The summed E-state index contributed by atoms with van der Waals surface area (Å²) in [5, 5.41) is 3.12. The van der Waals surface area contributed by atoms with E-state index in [0.29, 0.717) is 16.6 Å². The fraction of sp³-hybridized carbons (Fsp3) is 0.261. The number of benzene rings is 2. The molecular formula is C23H22FN3S. The van der Waals surface area contributed by atoms with Crippen LogP contribution in [0.2, 0.25) is 0 Å². The number of nitrogens with one attached hydrogen (secondary N) is 1. The van der Waals surface area contributed by atoms with Crippen molar-refractivity contribution in [3.63, 3.8) is 0 Å². The van der Waals surface area contributed by atoms with Crippen molar-refractivity contribution in [2.75, 3.05) is 5.32 Å². The van der Waals surface area contributed by atoms with Crippen molar-refractivity contribution in [3.05, 3.63) is 60.8 Å². The van der Waals surface area contributed by atoms with Crippen LogP contribution < -0.4 is 5.32 Å². The third kappa shape index (κ3) is 2.76. The number of fused-ring (bicyclic) bond motifs is 2. The second-order valence-electron chi connectivity index (χ2n) is 7.65. The number of rotatable bonds is 2. The van der Waals surface area contributed by atoms with Crippen LogP contribution in [0.5, 0.6) is 0 Å². The van der Waals surface area contributed by atoms with E-state index in [4.69, 9.17) is 0 Å². The number of allylic oxidation sites excluding steroid dienone is 2. The molecule has 0 unspecified atom stereocenters. The Morgan fingerprint density at radius 3 is 2.82 bits per heavy atom. The molecule has 1 saturated carbocycles. The van der Waals surface area contributed by atoms with Gasteiger partial charge < -0.3 is 9.88 Å². The number of thiol groups is 1. The molecule has 0 amide bonds. The fourth-order valence-electron chi connectivity index (χ4n) is 4.50. The molecule has 2 aromatic carbocycles. The van der Waals surface area contributed by atoms with Gasteiger partial charge in [0.15, 0.2) is 0 Å². The largest absolute Gasteiger partial charge is 0.360 e. The first-order valence-electron chi connectivity index (χ1n) is 9.78. The summed E-state index contributed by atoms with van der Waals surface area (Å²) in [6.07, 6.45) is 12.0. The number of hydrogen-bond donors (Lipinski definition) is 2. The molecule has 28 heavy (non-hydrogen) atoms. The highest BCUT2D eigenvalue weighted by Gasteiger charge is 2.22. The summed E-state index contributed by atoms with van der Waals surface area (Å²) in [6.45, 7) is 4.14. The van der Waals surface area contributed by atoms with Gasteiger partial charge in [-0.05, 0) is 53.8 Å². The van der Waals surface area contributed by atoms with E-state index in [1.807, 2.05) is 18.5 Å². The second kappa shape index (κ2) is 6.82. The smallest absolute Gasteiger partial charge is 0.139 e. The Kier molecular flexibility index (Phi) is 4.27. The summed E-state index contributed by atoms with van der Waals surface area (Å²) >= 11 is 4.34. The van der Waals surface area contributed by atoms with Gasteiger partial charge in [-0.2, -0.15) is 0 Å². The van der Waals surface area contributed by atoms with Gasteiger partial charge in [-0.15, -0.1) is 12.6 Å². The molecular weight excluding hydrogens is 369 g/mol. The van der Waals surface area contributed by atoms with Crippen molar-refractivity contribution in [3.8, 4) is 11.1 Å². The van der Waals surface area contributed by atoms with Crippen LogP contribution in [0.25, 0.3) is 27.7 Å². The maximum Gasteiger partial charge on any atom is 0.139 e. The standard InChI is InChI=1S/C23H22FN3S/c1-14-9-10-25-22-21(14)17(12-18(24)23(22)28)15-7-8-20-19(11-15)26-13-27(20)16-5-3-2-4-6-16/h7-13,16,25,28H,1-6H2. The molecule has 1 fully saturated rings. The zero-order valence-electron chi connectivity index (χ0n) is 15.6. The van der Waals surface area contributed by atoms with Gasteiger partial charge in [-0.3, -0.25) is 0 Å². The molecule has 3 aromatic rings. The van der Waals surface area contributed by atoms with Crippen molar-refractivity contribution in [1.29, 1.82) is 0 Å². The lowest BCUT2D eigenvalue weighted by atomic mass is 9.91. The molecule has 0 atom stereocenters. The lowest BCUT2D eigenvalue weighted by Gasteiger charge is -2.24. The second-order valence-corrected chi connectivity index (χ2v) is 8.10. The molecule has 0 spiro atoms. The molecule has 1 N–H and O–H groups in total. The van der Waals surface area contributed by atoms with Crippen molar-refractivity contribution < 1.29 is 4.39 Å². The van der Waals surface area contributed by atoms with Gasteiger partial charge in [0.1, 0.15) is 5.82 Å². The zero-order valence-corrected chi connectivity index (χ0v) is 16.5. The van der Waals surface area contributed by atoms with Gasteiger partial charge in [-0.1, -0.05) is 31.9 Å². The van der Waals surface area contributed by atoms with Crippen LogP contribution in [0, 0.1) is 5.82 Å². The monoisotopic (exact) mass is 391 g/mol. The van der Waals surface area contributed by atoms with Crippen LogP contribution in [0.15, 0.2) is 54.3 Å². The minimum absolute atomic E-state index is 0.312. The Morgan fingerprint density at radius 1 is 1.18 bits per heavy atom. The van der Waals surface area contributed by atoms with E-state index >= 15 is 0 Å². The lowest BCUT2D eigenvalue weighted by molar-refractivity contribution is 0.359. The van der Waals surface area contributed by atoms with Gasteiger partial charge in [0.25, 0.3) is 0 Å². The molecule has 1 aromatic heterocycles. The van der Waals surface area contributed by atoms with Crippen LogP contribution in [-0.2, 0) is 0 Å². The van der Waals surface area contributed by atoms with Gasteiger partial charge in [-0.25, -0.2) is 9.37 Å². The minimum Gasteiger partial charge on any atom is -0.360 e. The van der Waals surface area contributed by atoms with Gasteiger partial charge in [0.05, 0.1) is 27.9 Å². The van der Waals surface area contributed by atoms with E-state index in [1.165, 1.54) is 32.1 Å². The summed E-state index contributed by atoms with van der Waals surface area (Å²) < 4.78 is 16.9. The van der Waals surface area contributed by atoms with Crippen LogP contribution in [0.1, 0.15) is 43.7 Å². The molecule has 1 aliphatic carbocycles. The Morgan fingerprint density at radius 2 is 2.00 bits per heavy atom. The average molecular weight is 392 g/mol. The van der Waals surface area contributed by atoms with Crippen molar-refractivity contribution in [1.82, 2.24) is 9.55 Å². The number of aromatic nitrogens is 2. The molecule has 0 bridgehead atoms. The van der Waals surface area contributed by atoms with E-state index in [-0.39, 0.29) is 5.82 Å². The molecule has 0 saturated heterocycles. The number of halogens is 1. The summed E-state index contributed by atoms with van der Waals surface area (Å²) in [4.78, 5) is 4.97. The van der Waals surface area contributed by atoms with Gasteiger partial charge >= 0.3 is 0 Å². The third-order valence-corrected chi connectivity index (χ3v) is 6.38. The first kappa shape index (κ1) is 17.6. The van der Waals surface area contributed by atoms with Crippen molar-refractivity contribution >= 4 is 34.9 Å². The predicted octanol–water partition coefficient (Wildman–Crippen LogP) is 6.59. The summed E-state index contributed by atoms with van der Waals surface area (Å²) in [6, 6.07) is 8.30. The Labute approximate surface area is 169 Å². The number of anilines is 1. The Balaban J connectivity index is 1.63. The van der Waals surface area contributed by atoms with Crippen LogP contribution in [0.4, 0.5) is 10.1 Å². The molecule has 5 heteroatoms. The first-order valence-corrected chi connectivity index (χ1v) is 10.2. The van der Waals surface area contributed by atoms with E-state index in [1.54, 1.807) is 12.3 Å². The average Bonchev–Trinajstić information content (AvgIpc) is 3.15. The molecule has 142 valence electrons. The summed E-state index contributed by atoms with van der Waals surface area (Å²) in [5.74, 6) is -0.347. The molecule has 3 nitrogen and oxygen atoms in total. The molecule has 5 rings (SSSR count). The predicted molar refractivity (Wildman–Crippen MR) is 116 cm³/mol.